The first-order chi connectivity index (χ1) is 5.24. The molecule has 0 aliphatic carbocycles. The van der Waals surface area contributed by atoms with Crippen LogP contribution in [-0.4, -0.2) is 45.0 Å². The molecule has 1 aliphatic heterocycles. The molecule has 1 heterocycles. The molecule has 2 unspecified atom stereocenters. The van der Waals surface area contributed by atoms with Crippen LogP contribution in [-0.2, 0) is 9.47 Å². The van der Waals surface area contributed by atoms with E-state index in [1.807, 2.05) is 0 Å². The van der Waals surface area contributed by atoms with Crippen molar-refractivity contribution in [2.45, 2.75) is 25.2 Å². The molecule has 1 fully saturated rings. The van der Waals surface area contributed by atoms with Gasteiger partial charge >= 0.3 is 0 Å². The summed E-state index contributed by atoms with van der Waals surface area (Å²) in [7, 11) is 5.86. The number of nitrogens with zero attached hydrogens (tertiary/aromatic N) is 1. The number of rotatable bonds is 5. The third-order valence-corrected chi connectivity index (χ3v) is 1.86. The Morgan fingerprint density at radius 1 is 1.45 bits per heavy atom. The Labute approximate surface area is 68.3 Å². The molecule has 0 N–H and O–H groups in total. The number of methoxy groups -OCH3 is 1. The zero-order valence-electron chi connectivity index (χ0n) is 7.54. The Hall–Kier alpha value is -0.120. The molecular formula is C8H17NO2. The van der Waals surface area contributed by atoms with Gasteiger partial charge in [-0.05, 0) is 33.5 Å². The summed E-state index contributed by atoms with van der Waals surface area (Å²) < 4.78 is 10.2. The molecule has 0 aromatic carbocycles. The van der Waals surface area contributed by atoms with E-state index in [1.165, 1.54) is 6.42 Å². The zero-order chi connectivity index (χ0) is 8.27. The van der Waals surface area contributed by atoms with Gasteiger partial charge in [0, 0.05) is 7.11 Å². The molecule has 1 rings (SSSR count). The van der Waals surface area contributed by atoms with Crippen molar-refractivity contribution in [1.29, 1.82) is 0 Å². The van der Waals surface area contributed by atoms with Crippen LogP contribution >= 0.6 is 0 Å². The maximum atomic E-state index is 5.21. The van der Waals surface area contributed by atoms with Crippen molar-refractivity contribution in [3.8, 4) is 0 Å². The predicted octanol–water partition coefficient (Wildman–Crippen LogP) is 0.700. The second-order valence-corrected chi connectivity index (χ2v) is 3.22. The number of hydrogen-bond donors (Lipinski definition) is 0. The highest BCUT2D eigenvalue weighted by atomic mass is 16.8. The maximum Gasteiger partial charge on any atom is 0.184 e. The minimum atomic E-state index is 0.0946. The average molecular weight is 159 g/mol. The summed E-state index contributed by atoms with van der Waals surface area (Å²) in [5, 5.41) is 0. The van der Waals surface area contributed by atoms with Crippen molar-refractivity contribution in [2.24, 2.45) is 0 Å². The van der Waals surface area contributed by atoms with E-state index >= 15 is 0 Å². The molecule has 1 saturated heterocycles. The first-order valence-electron chi connectivity index (χ1n) is 4.07. The van der Waals surface area contributed by atoms with Crippen molar-refractivity contribution in [1.82, 2.24) is 4.90 Å². The highest BCUT2D eigenvalue weighted by Crippen LogP contribution is 2.26. The molecule has 1 aliphatic rings. The first kappa shape index (κ1) is 8.97. The van der Waals surface area contributed by atoms with Crippen LogP contribution in [0, 0.1) is 0 Å². The van der Waals surface area contributed by atoms with Crippen molar-refractivity contribution >= 4 is 0 Å². The molecule has 11 heavy (non-hydrogen) atoms. The predicted molar refractivity (Wildman–Crippen MR) is 43.5 cm³/mol. The number of epoxide rings is 1. The second kappa shape index (κ2) is 4.04. The van der Waals surface area contributed by atoms with Crippen LogP contribution in [0.2, 0.25) is 0 Å². The van der Waals surface area contributed by atoms with E-state index < -0.39 is 0 Å². The van der Waals surface area contributed by atoms with Gasteiger partial charge < -0.3 is 14.4 Å². The lowest BCUT2D eigenvalue weighted by molar-refractivity contribution is 0.0950. The fraction of sp³-hybridized carbons (Fsp3) is 1.00. The van der Waals surface area contributed by atoms with Gasteiger partial charge in [0.25, 0.3) is 0 Å². The van der Waals surface area contributed by atoms with E-state index in [-0.39, 0.29) is 6.29 Å². The smallest absolute Gasteiger partial charge is 0.184 e. The summed E-state index contributed by atoms with van der Waals surface area (Å²) in [6, 6.07) is 0. The normalized spacial score (nSPS) is 29.5. The van der Waals surface area contributed by atoms with E-state index in [0.717, 1.165) is 13.0 Å². The van der Waals surface area contributed by atoms with Crippen molar-refractivity contribution in [3.63, 3.8) is 0 Å². The van der Waals surface area contributed by atoms with Crippen LogP contribution in [0.1, 0.15) is 12.8 Å². The molecule has 0 spiro atoms. The van der Waals surface area contributed by atoms with Crippen LogP contribution in [0.25, 0.3) is 0 Å². The Bertz CT molecular complexity index is 117. The van der Waals surface area contributed by atoms with Crippen molar-refractivity contribution in [3.05, 3.63) is 0 Å². The van der Waals surface area contributed by atoms with Gasteiger partial charge in [-0.3, -0.25) is 0 Å². The molecule has 0 aromatic rings. The van der Waals surface area contributed by atoms with Gasteiger partial charge in [-0.1, -0.05) is 0 Å². The fourth-order valence-corrected chi connectivity index (χ4v) is 1.15. The molecule has 0 aromatic heterocycles. The first-order valence-corrected chi connectivity index (χ1v) is 4.07. The monoisotopic (exact) mass is 159 g/mol. The third kappa shape index (κ3) is 3.18. The SMILES string of the molecule is COC1OC1CCCN(C)C. The van der Waals surface area contributed by atoms with Gasteiger partial charge in [0.05, 0.1) is 0 Å². The molecule has 3 nitrogen and oxygen atoms in total. The molecule has 3 heteroatoms. The maximum absolute atomic E-state index is 5.21. The zero-order valence-corrected chi connectivity index (χ0v) is 7.54. The van der Waals surface area contributed by atoms with Crippen LogP contribution in [0.3, 0.4) is 0 Å². The minimum Gasteiger partial charge on any atom is -0.353 e. The van der Waals surface area contributed by atoms with Gasteiger partial charge in [-0.15, -0.1) is 0 Å². The van der Waals surface area contributed by atoms with Crippen molar-refractivity contribution in [2.75, 3.05) is 27.7 Å². The summed E-state index contributed by atoms with van der Waals surface area (Å²) >= 11 is 0. The Balaban J connectivity index is 1.90. The summed E-state index contributed by atoms with van der Waals surface area (Å²) in [5.41, 5.74) is 0. The van der Waals surface area contributed by atoms with Crippen LogP contribution in [0.5, 0.6) is 0 Å². The van der Waals surface area contributed by atoms with Crippen molar-refractivity contribution < 1.29 is 9.47 Å². The Kier molecular flexibility index (Phi) is 3.30. The lowest BCUT2D eigenvalue weighted by Gasteiger charge is -2.06. The van der Waals surface area contributed by atoms with E-state index in [9.17, 15) is 0 Å². The minimum absolute atomic E-state index is 0.0946. The molecule has 0 bridgehead atoms. The van der Waals surface area contributed by atoms with E-state index in [1.54, 1.807) is 7.11 Å². The van der Waals surface area contributed by atoms with Crippen LogP contribution < -0.4 is 0 Å². The summed E-state index contributed by atoms with van der Waals surface area (Å²) in [6.07, 6.45) is 2.78. The van der Waals surface area contributed by atoms with E-state index in [2.05, 4.69) is 19.0 Å². The van der Waals surface area contributed by atoms with Gasteiger partial charge in [-0.2, -0.15) is 0 Å². The summed E-state index contributed by atoms with van der Waals surface area (Å²) in [4.78, 5) is 2.18. The second-order valence-electron chi connectivity index (χ2n) is 3.22. The lowest BCUT2D eigenvalue weighted by Crippen LogP contribution is -2.13. The third-order valence-electron chi connectivity index (χ3n) is 1.86. The quantitative estimate of drug-likeness (QED) is 0.552. The highest BCUT2D eigenvalue weighted by Gasteiger charge is 2.37. The Morgan fingerprint density at radius 2 is 2.18 bits per heavy atom. The molecule has 0 radical (unpaired) electrons. The van der Waals surface area contributed by atoms with Gasteiger partial charge in [0.1, 0.15) is 6.10 Å². The largest absolute Gasteiger partial charge is 0.353 e. The molecule has 0 amide bonds. The topological polar surface area (TPSA) is 25.0 Å². The molecule has 2 atom stereocenters. The highest BCUT2D eigenvalue weighted by molar-refractivity contribution is 4.76. The lowest BCUT2D eigenvalue weighted by atomic mass is 10.2. The molecule has 0 saturated carbocycles. The standard InChI is InChI=1S/C8H17NO2/c1-9(2)6-4-5-7-8(10-3)11-7/h7-8H,4-6H2,1-3H3. The summed E-state index contributed by atoms with van der Waals surface area (Å²) in [6.45, 7) is 1.14. The van der Waals surface area contributed by atoms with E-state index in [0.29, 0.717) is 6.10 Å². The van der Waals surface area contributed by atoms with Gasteiger partial charge in [0.15, 0.2) is 6.29 Å². The molecule has 66 valence electrons. The van der Waals surface area contributed by atoms with Gasteiger partial charge in [0.2, 0.25) is 0 Å². The van der Waals surface area contributed by atoms with E-state index in [4.69, 9.17) is 9.47 Å². The van der Waals surface area contributed by atoms with Gasteiger partial charge in [-0.25, -0.2) is 0 Å². The van der Waals surface area contributed by atoms with Crippen LogP contribution in [0.15, 0.2) is 0 Å². The van der Waals surface area contributed by atoms with Crippen LogP contribution in [0.4, 0.5) is 0 Å². The Morgan fingerprint density at radius 3 is 2.64 bits per heavy atom. The average Bonchev–Trinajstić information content (AvgIpc) is 2.66. The number of ether oxygens (including phenoxy) is 2. The molecular weight excluding hydrogens is 142 g/mol. The summed E-state index contributed by atoms with van der Waals surface area (Å²) in [5.74, 6) is 0. The number of hydrogen-bond acceptors (Lipinski definition) is 3. The fourth-order valence-electron chi connectivity index (χ4n) is 1.15.